The zero-order valence-electron chi connectivity index (χ0n) is 10.4. The SMILES string of the molecule is Cc1ccc(-c2cccc3c2CNC3=O)c(C)n1. The molecular weight excluding hydrogens is 224 g/mol. The van der Waals surface area contributed by atoms with Crippen molar-refractivity contribution in [1.29, 1.82) is 0 Å². The van der Waals surface area contributed by atoms with E-state index in [2.05, 4.69) is 22.4 Å². The number of carbonyl (C=O) groups excluding carboxylic acids is 1. The first-order valence-corrected chi connectivity index (χ1v) is 6.01. The van der Waals surface area contributed by atoms with E-state index in [0.29, 0.717) is 6.54 Å². The van der Waals surface area contributed by atoms with E-state index in [1.165, 1.54) is 0 Å². The number of nitrogens with one attached hydrogen (secondary N) is 1. The summed E-state index contributed by atoms with van der Waals surface area (Å²) in [6.07, 6.45) is 0. The highest BCUT2D eigenvalue weighted by Crippen LogP contribution is 2.30. The number of aromatic nitrogens is 1. The minimum Gasteiger partial charge on any atom is -0.348 e. The van der Waals surface area contributed by atoms with Gasteiger partial charge in [-0.15, -0.1) is 0 Å². The summed E-state index contributed by atoms with van der Waals surface area (Å²) >= 11 is 0. The molecule has 90 valence electrons. The first-order valence-electron chi connectivity index (χ1n) is 6.01. The second kappa shape index (κ2) is 3.95. The smallest absolute Gasteiger partial charge is 0.251 e. The number of carbonyl (C=O) groups is 1. The quantitative estimate of drug-likeness (QED) is 0.829. The molecule has 0 spiro atoms. The van der Waals surface area contributed by atoms with Crippen molar-refractivity contribution in [3.05, 3.63) is 52.8 Å². The lowest BCUT2D eigenvalue weighted by Gasteiger charge is -2.10. The van der Waals surface area contributed by atoms with Crippen LogP contribution in [0, 0.1) is 13.8 Å². The van der Waals surface area contributed by atoms with E-state index in [1.807, 2.05) is 32.0 Å². The van der Waals surface area contributed by atoms with Gasteiger partial charge >= 0.3 is 0 Å². The number of aryl methyl sites for hydroxylation is 2. The van der Waals surface area contributed by atoms with Crippen molar-refractivity contribution in [3.8, 4) is 11.1 Å². The van der Waals surface area contributed by atoms with Crippen molar-refractivity contribution in [2.45, 2.75) is 20.4 Å². The molecule has 1 aromatic heterocycles. The molecule has 1 aromatic carbocycles. The number of hydrogen-bond donors (Lipinski definition) is 1. The zero-order valence-corrected chi connectivity index (χ0v) is 10.4. The lowest BCUT2D eigenvalue weighted by atomic mass is 9.96. The minimum atomic E-state index is 0.0181. The Morgan fingerprint density at radius 2 is 1.83 bits per heavy atom. The van der Waals surface area contributed by atoms with Gasteiger partial charge in [0.2, 0.25) is 0 Å². The van der Waals surface area contributed by atoms with E-state index >= 15 is 0 Å². The summed E-state index contributed by atoms with van der Waals surface area (Å²) in [7, 11) is 0. The number of amides is 1. The normalized spacial score (nSPS) is 13.3. The highest BCUT2D eigenvalue weighted by molar-refractivity contribution is 6.00. The molecule has 1 N–H and O–H groups in total. The minimum absolute atomic E-state index is 0.0181. The van der Waals surface area contributed by atoms with Gasteiger partial charge in [0.05, 0.1) is 0 Å². The molecule has 0 atom stereocenters. The summed E-state index contributed by atoms with van der Waals surface area (Å²) in [4.78, 5) is 16.2. The molecule has 0 fully saturated rings. The topological polar surface area (TPSA) is 42.0 Å². The van der Waals surface area contributed by atoms with E-state index < -0.39 is 0 Å². The summed E-state index contributed by atoms with van der Waals surface area (Å²) in [5, 5.41) is 2.87. The molecule has 0 unspecified atom stereocenters. The Morgan fingerprint density at radius 1 is 1.06 bits per heavy atom. The molecule has 3 nitrogen and oxygen atoms in total. The molecule has 0 radical (unpaired) electrons. The third-order valence-corrected chi connectivity index (χ3v) is 3.36. The van der Waals surface area contributed by atoms with E-state index in [-0.39, 0.29) is 5.91 Å². The third-order valence-electron chi connectivity index (χ3n) is 3.36. The van der Waals surface area contributed by atoms with Crippen molar-refractivity contribution in [2.24, 2.45) is 0 Å². The number of hydrogen-bond acceptors (Lipinski definition) is 2. The average Bonchev–Trinajstić information content (AvgIpc) is 2.72. The number of fused-ring (bicyclic) bond motifs is 1. The fraction of sp³-hybridized carbons (Fsp3) is 0.200. The van der Waals surface area contributed by atoms with Crippen molar-refractivity contribution in [3.63, 3.8) is 0 Å². The van der Waals surface area contributed by atoms with E-state index in [4.69, 9.17) is 0 Å². The van der Waals surface area contributed by atoms with Gasteiger partial charge in [-0.05, 0) is 37.1 Å². The second-order valence-electron chi connectivity index (χ2n) is 4.60. The largest absolute Gasteiger partial charge is 0.348 e. The standard InChI is InChI=1S/C15H14N2O/c1-9-6-7-11(10(2)17-9)12-4-3-5-13-14(12)8-16-15(13)18/h3-7H,8H2,1-2H3,(H,16,18). The summed E-state index contributed by atoms with van der Waals surface area (Å²) in [6.45, 7) is 4.60. The second-order valence-corrected chi connectivity index (χ2v) is 4.60. The highest BCUT2D eigenvalue weighted by Gasteiger charge is 2.22. The van der Waals surface area contributed by atoms with Crippen LogP contribution in [-0.4, -0.2) is 10.9 Å². The van der Waals surface area contributed by atoms with Gasteiger partial charge in [-0.1, -0.05) is 18.2 Å². The van der Waals surface area contributed by atoms with Crippen LogP contribution in [0.5, 0.6) is 0 Å². The van der Waals surface area contributed by atoms with Crippen LogP contribution in [0.1, 0.15) is 27.3 Å². The molecule has 0 bridgehead atoms. The fourth-order valence-electron chi connectivity index (χ4n) is 2.48. The highest BCUT2D eigenvalue weighted by atomic mass is 16.1. The lowest BCUT2D eigenvalue weighted by Crippen LogP contribution is -2.12. The van der Waals surface area contributed by atoms with Crippen molar-refractivity contribution >= 4 is 5.91 Å². The van der Waals surface area contributed by atoms with Crippen LogP contribution in [-0.2, 0) is 6.54 Å². The van der Waals surface area contributed by atoms with Gasteiger partial charge in [0.25, 0.3) is 5.91 Å². The average molecular weight is 238 g/mol. The fourth-order valence-corrected chi connectivity index (χ4v) is 2.48. The van der Waals surface area contributed by atoms with Gasteiger partial charge in [-0.3, -0.25) is 9.78 Å². The molecule has 3 heteroatoms. The van der Waals surface area contributed by atoms with Crippen molar-refractivity contribution < 1.29 is 4.79 Å². The van der Waals surface area contributed by atoms with Crippen LogP contribution < -0.4 is 5.32 Å². The monoisotopic (exact) mass is 238 g/mol. The van der Waals surface area contributed by atoms with Gasteiger partial charge in [-0.2, -0.15) is 0 Å². The van der Waals surface area contributed by atoms with Crippen LogP contribution in [0.4, 0.5) is 0 Å². The third kappa shape index (κ3) is 1.59. The maximum absolute atomic E-state index is 11.7. The Kier molecular flexibility index (Phi) is 2.40. The Bertz CT molecular complexity index is 647. The molecule has 18 heavy (non-hydrogen) atoms. The first kappa shape index (κ1) is 11.0. The Balaban J connectivity index is 2.22. The first-order chi connectivity index (χ1) is 8.66. The molecule has 0 saturated heterocycles. The molecule has 0 aliphatic carbocycles. The number of nitrogens with zero attached hydrogens (tertiary/aromatic N) is 1. The summed E-state index contributed by atoms with van der Waals surface area (Å²) < 4.78 is 0. The van der Waals surface area contributed by atoms with Gasteiger partial charge in [-0.25, -0.2) is 0 Å². The molecule has 2 heterocycles. The molecule has 2 aromatic rings. The predicted molar refractivity (Wildman–Crippen MR) is 70.3 cm³/mol. The number of benzene rings is 1. The number of rotatable bonds is 1. The summed E-state index contributed by atoms with van der Waals surface area (Å²) in [5.74, 6) is 0.0181. The maximum Gasteiger partial charge on any atom is 0.251 e. The van der Waals surface area contributed by atoms with Crippen LogP contribution in [0.25, 0.3) is 11.1 Å². The molecule has 1 aliphatic heterocycles. The zero-order chi connectivity index (χ0) is 12.7. The molecule has 3 rings (SSSR count). The maximum atomic E-state index is 11.7. The van der Waals surface area contributed by atoms with Crippen LogP contribution in [0.15, 0.2) is 30.3 Å². The Morgan fingerprint density at radius 3 is 2.61 bits per heavy atom. The molecule has 1 amide bonds. The Hall–Kier alpha value is -2.16. The van der Waals surface area contributed by atoms with Gasteiger partial charge in [0.15, 0.2) is 0 Å². The summed E-state index contributed by atoms with van der Waals surface area (Å²) in [5.41, 5.74) is 6.09. The summed E-state index contributed by atoms with van der Waals surface area (Å²) in [6, 6.07) is 9.94. The van der Waals surface area contributed by atoms with E-state index in [9.17, 15) is 4.79 Å². The number of pyridine rings is 1. The molecular formula is C15H14N2O. The predicted octanol–water partition coefficient (Wildman–Crippen LogP) is 2.61. The van der Waals surface area contributed by atoms with Crippen LogP contribution >= 0.6 is 0 Å². The van der Waals surface area contributed by atoms with Crippen LogP contribution in [0.3, 0.4) is 0 Å². The van der Waals surface area contributed by atoms with Crippen molar-refractivity contribution in [1.82, 2.24) is 10.3 Å². The molecule has 1 aliphatic rings. The van der Waals surface area contributed by atoms with Crippen molar-refractivity contribution in [2.75, 3.05) is 0 Å². The molecule has 0 saturated carbocycles. The van der Waals surface area contributed by atoms with Gasteiger partial charge in [0.1, 0.15) is 0 Å². The van der Waals surface area contributed by atoms with E-state index in [1.54, 1.807) is 0 Å². The van der Waals surface area contributed by atoms with E-state index in [0.717, 1.165) is 33.6 Å². The lowest BCUT2D eigenvalue weighted by molar-refractivity contribution is 0.0966. The van der Waals surface area contributed by atoms with Gasteiger partial charge in [0, 0.05) is 29.1 Å². The Labute approximate surface area is 106 Å². The van der Waals surface area contributed by atoms with Crippen LogP contribution in [0.2, 0.25) is 0 Å². The van der Waals surface area contributed by atoms with Gasteiger partial charge < -0.3 is 5.32 Å².